The van der Waals surface area contributed by atoms with Crippen molar-refractivity contribution in [3.63, 3.8) is 0 Å². The lowest BCUT2D eigenvalue weighted by atomic mass is 9.76. The van der Waals surface area contributed by atoms with Gasteiger partial charge in [0.1, 0.15) is 5.56 Å². The number of rotatable bonds is 3. The molecular weight excluding hydrogens is 344 g/mol. The molecule has 1 aromatic carbocycles. The fourth-order valence-electron chi connectivity index (χ4n) is 4.09. The maximum absolute atomic E-state index is 12.9. The lowest BCUT2D eigenvalue weighted by molar-refractivity contribution is 0.0549. The molecule has 1 amide bonds. The summed E-state index contributed by atoms with van der Waals surface area (Å²) in [4.78, 5) is 29.9. The van der Waals surface area contributed by atoms with E-state index in [1.165, 1.54) is 17.8 Å². The second-order valence-electron chi connectivity index (χ2n) is 7.90. The Hall–Kier alpha value is -2.76. The molecule has 0 aliphatic carbocycles. The third-order valence-electron chi connectivity index (χ3n) is 5.42. The number of piperidine rings is 1. The number of ether oxygens (including phenoxy) is 2. The molecule has 2 aromatic rings. The summed E-state index contributed by atoms with van der Waals surface area (Å²) in [6, 6.07) is 7.50. The maximum atomic E-state index is 12.9. The molecule has 142 valence electrons. The summed E-state index contributed by atoms with van der Waals surface area (Å²) in [7, 11) is 0. The number of H-pyrrole nitrogens is 1. The first-order valence-corrected chi connectivity index (χ1v) is 9.31. The number of amides is 1. The summed E-state index contributed by atoms with van der Waals surface area (Å²) >= 11 is 0. The summed E-state index contributed by atoms with van der Waals surface area (Å²) in [5.74, 6) is 1.38. The SMILES string of the molecule is Cc1cc(=O)c(C(=O)N2CCCC(C)(Cc3ccc4c(c3)OCO4)C2)c[nH]1. The number of nitrogens with one attached hydrogen (secondary N) is 1. The topological polar surface area (TPSA) is 71.6 Å². The second kappa shape index (κ2) is 6.76. The number of aromatic nitrogens is 1. The highest BCUT2D eigenvalue weighted by Crippen LogP contribution is 2.37. The molecule has 4 rings (SSSR count). The largest absolute Gasteiger partial charge is 0.454 e. The molecule has 2 aliphatic heterocycles. The van der Waals surface area contributed by atoms with E-state index in [-0.39, 0.29) is 29.1 Å². The number of carbonyl (C=O) groups excluding carboxylic acids is 1. The standard InChI is InChI=1S/C21H24N2O4/c1-14-8-17(24)16(11-22-14)20(25)23-7-3-6-21(2,12-23)10-15-4-5-18-19(9-15)27-13-26-18/h4-5,8-9,11H,3,6-7,10,12-13H2,1-2H3,(H,22,24). The molecular formula is C21H24N2O4. The minimum absolute atomic E-state index is 0.0426. The average Bonchev–Trinajstić information content (AvgIpc) is 3.08. The number of likely N-dealkylation sites (tertiary alicyclic amines) is 1. The Balaban J connectivity index is 1.51. The molecule has 1 saturated heterocycles. The maximum Gasteiger partial charge on any atom is 0.259 e. The Labute approximate surface area is 158 Å². The second-order valence-corrected chi connectivity index (χ2v) is 7.90. The predicted molar refractivity (Wildman–Crippen MR) is 101 cm³/mol. The Morgan fingerprint density at radius 1 is 1.26 bits per heavy atom. The Morgan fingerprint density at radius 3 is 2.89 bits per heavy atom. The highest BCUT2D eigenvalue weighted by molar-refractivity contribution is 5.93. The molecule has 27 heavy (non-hydrogen) atoms. The van der Waals surface area contributed by atoms with Gasteiger partial charge in [-0.05, 0) is 49.3 Å². The molecule has 1 atom stereocenters. The number of nitrogens with zero attached hydrogens (tertiary/aromatic N) is 1. The summed E-state index contributed by atoms with van der Waals surface area (Å²) in [6.45, 7) is 5.59. The zero-order valence-electron chi connectivity index (χ0n) is 15.7. The fraction of sp³-hybridized carbons (Fsp3) is 0.429. The van der Waals surface area contributed by atoms with E-state index in [4.69, 9.17) is 9.47 Å². The van der Waals surface area contributed by atoms with Gasteiger partial charge >= 0.3 is 0 Å². The molecule has 0 saturated carbocycles. The van der Waals surface area contributed by atoms with E-state index >= 15 is 0 Å². The minimum atomic E-state index is -0.223. The highest BCUT2D eigenvalue weighted by Gasteiger charge is 2.34. The highest BCUT2D eigenvalue weighted by atomic mass is 16.7. The Bertz CT molecular complexity index is 936. The van der Waals surface area contributed by atoms with Gasteiger partial charge in [0.05, 0.1) is 0 Å². The van der Waals surface area contributed by atoms with Gasteiger partial charge in [0.2, 0.25) is 6.79 Å². The van der Waals surface area contributed by atoms with Crippen LogP contribution in [0, 0.1) is 12.3 Å². The van der Waals surface area contributed by atoms with Crippen LogP contribution in [0.15, 0.2) is 35.3 Å². The van der Waals surface area contributed by atoms with E-state index in [0.717, 1.165) is 36.5 Å². The zero-order valence-corrected chi connectivity index (χ0v) is 15.7. The van der Waals surface area contributed by atoms with E-state index in [1.807, 2.05) is 17.0 Å². The van der Waals surface area contributed by atoms with E-state index in [0.29, 0.717) is 13.1 Å². The number of carbonyl (C=O) groups is 1. The first-order chi connectivity index (χ1) is 12.9. The van der Waals surface area contributed by atoms with Gasteiger partial charge in [0.15, 0.2) is 16.9 Å². The van der Waals surface area contributed by atoms with Crippen molar-refractivity contribution in [1.29, 1.82) is 0 Å². The quantitative estimate of drug-likeness (QED) is 0.904. The van der Waals surface area contributed by atoms with Crippen molar-refractivity contribution in [3.8, 4) is 11.5 Å². The first-order valence-electron chi connectivity index (χ1n) is 9.31. The normalized spacial score (nSPS) is 21.3. The molecule has 1 unspecified atom stereocenters. The molecule has 2 aliphatic rings. The van der Waals surface area contributed by atoms with Crippen molar-refractivity contribution >= 4 is 5.91 Å². The number of hydrogen-bond acceptors (Lipinski definition) is 4. The number of benzene rings is 1. The van der Waals surface area contributed by atoms with Crippen LogP contribution in [0.5, 0.6) is 11.5 Å². The molecule has 3 heterocycles. The van der Waals surface area contributed by atoms with Gasteiger partial charge in [-0.15, -0.1) is 0 Å². The van der Waals surface area contributed by atoms with Crippen LogP contribution in [0.2, 0.25) is 0 Å². The van der Waals surface area contributed by atoms with Gasteiger partial charge in [-0.25, -0.2) is 0 Å². The van der Waals surface area contributed by atoms with Crippen molar-refractivity contribution in [3.05, 3.63) is 57.5 Å². The van der Waals surface area contributed by atoms with Crippen molar-refractivity contribution in [2.75, 3.05) is 19.9 Å². The first kappa shape index (κ1) is 17.6. The fourth-order valence-corrected chi connectivity index (χ4v) is 4.09. The van der Waals surface area contributed by atoms with Crippen LogP contribution in [0.3, 0.4) is 0 Å². The molecule has 6 heteroatoms. The molecule has 0 radical (unpaired) electrons. The van der Waals surface area contributed by atoms with Crippen LogP contribution < -0.4 is 14.9 Å². The lowest BCUT2D eigenvalue weighted by Crippen LogP contribution is -2.46. The average molecular weight is 368 g/mol. The van der Waals surface area contributed by atoms with Gasteiger partial charge in [-0.3, -0.25) is 9.59 Å². The Morgan fingerprint density at radius 2 is 2.07 bits per heavy atom. The lowest BCUT2D eigenvalue weighted by Gasteiger charge is -2.40. The van der Waals surface area contributed by atoms with Crippen molar-refractivity contribution in [1.82, 2.24) is 9.88 Å². The van der Waals surface area contributed by atoms with Crippen molar-refractivity contribution < 1.29 is 14.3 Å². The number of fused-ring (bicyclic) bond motifs is 1. The monoisotopic (exact) mass is 368 g/mol. The van der Waals surface area contributed by atoms with Crippen molar-refractivity contribution in [2.24, 2.45) is 5.41 Å². The summed E-state index contributed by atoms with van der Waals surface area (Å²) < 4.78 is 10.9. The number of pyridine rings is 1. The van der Waals surface area contributed by atoms with Crippen LogP contribution in [0.1, 0.15) is 41.4 Å². The molecule has 0 bridgehead atoms. The zero-order chi connectivity index (χ0) is 19.0. The molecule has 1 fully saturated rings. The smallest absolute Gasteiger partial charge is 0.259 e. The van der Waals surface area contributed by atoms with Crippen LogP contribution in [0.4, 0.5) is 0 Å². The molecule has 1 aromatic heterocycles. The van der Waals surface area contributed by atoms with E-state index in [2.05, 4.69) is 18.0 Å². The van der Waals surface area contributed by atoms with Gasteiger partial charge in [0, 0.05) is 31.0 Å². The molecule has 6 nitrogen and oxygen atoms in total. The summed E-state index contributed by atoms with van der Waals surface area (Å²) in [5, 5.41) is 0. The van der Waals surface area contributed by atoms with Gasteiger partial charge < -0.3 is 19.4 Å². The molecule has 1 N–H and O–H groups in total. The van der Waals surface area contributed by atoms with Crippen LogP contribution in [-0.4, -0.2) is 35.7 Å². The van der Waals surface area contributed by atoms with Crippen LogP contribution in [0.25, 0.3) is 0 Å². The Kier molecular flexibility index (Phi) is 4.42. The number of hydrogen-bond donors (Lipinski definition) is 1. The molecule has 0 spiro atoms. The predicted octanol–water partition coefficient (Wildman–Crippen LogP) is 2.90. The third-order valence-corrected chi connectivity index (χ3v) is 5.42. The summed E-state index contributed by atoms with van der Waals surface area (Å²) in [5.41, 5.74) is 1.87. The third kappa shape index (κ3) is 3.56. The number of aromatic amines is 1. The van der Waals surface area contributed by atoms with Crippen molar-refractivity contribution in [2.45, 2.75) is 33.1 Å². The van der Waals surface area contributed by atoms with Gasteiger partial charge in [-0.1, -0.05) is 13.0 Å². The summed E-state index contributed by atoms with van der Waals surface area (Å²) in [6.07, 6.45) is 4.34. The number of aryl methyl sites for hydroxylation is 1. The minimum Gasteiger partial charge on any atom is -0.454 e. The van der Waals surface area contributed by atoms with E-state index in [1.54, 1.807) is 6.92 Å². The van der Waals surface area contributed by atoms with Crippen LogP contribution >= 0.6 is 0 Å². The van der Waals surface area contributed by atoms with E-state index < -0.39 is 0 Å². The van der Waals surface area contributed by atoms with Crippen LogP contribution in [-0.2, 0) is 6.42 Å². The van der Waals surface area contributed by atoms with E-state index in [9.17, 15) is 9.59 Å². The van der Waals surface area contributed by atoms with Gasteiger partial charge in [0.25, 0.3) is 5.91 Å². The van der Waals surface area contributed by atoms with Gasteiger partial charge in [-0.2, -0.15) is 0 Å².